The number of carboxylic acids is 1. The first-order chi connectivity index (χ1) is 9.95. The molecule has 21 heavy (non-hydrogen) atoms. The fourth-order valence-corrected chi connectivity index (χ4v) is 2.30. The van der Waals surface area contributed by atoms with Crippen molar-refractivity contribution in [2.45, 2.75) is 13.8 Å². The lowest BCUT2D eigenvalue weighted by Crippen LogP contribution is -2.04. The predicted molar refractivity (Wildman–Crippen MR) is 77.1 cm³/mol. The second kappa shape index (κ2) is 4.55. The van der Waals surface area contributed by atoms with Crippen LogP contribution in [-0.2, 0) is 0 Å². The molecule has 0 aromatic carbocycles. The number of aryl methyl sites for hydroxylation is 2. The van der Waals surface area contributed by atoms with Gasteiger partial charge in [0.2, 0.25) is 5.95 Å². The molecule has 0 atom stereocenters. The summed E-state index contributed by atoms with van der Waals surface area (Å²) in [6.45, 7) is 3.53. The van der Waals surface area contributed by atoms with Gasteiger partial charge >= 0.3 is 5.97 Å². The molecule has 3 rings (SSSR count). The Bertz CT molecular complexity index is 869. The maximum absolute atomic E-state index is 11.2. The number of nitrogens with zero attached hydrogens (tertiary/aromatic N) is 4. The van der Waals surface area contributed by atoms with Crippen LogP contribution in [0.1, 0.15) is 21.7 Å². The summed E-state index contributed by atoms with van der Waals surface area (Å²) in [6, 6.07) is 5.26. The number of pyridine rings is 2. The van der Waals surface area contributed by atoms with Crippen molar-refractivity contribution in [3.8, 4) is 11.1 Å². The molecule has 0 saturated carbocycles. The number of nitrogen functional groups attached to an aromatic ring is 1. The molecular formula is C14H13N5O2. The molecule has 7 nitrogen and oxygen atoms in total. The Morgan fingerprint density at radius 3 is 2.71 bits per heavy atom. The van der Waals surface area contributed by atoms with E-state index in [-0.39, 0.29) is 11.5 Å². The first-order valence-corrected chi connectivity index (χ1v) is 6.29. The number of aromatic nitrogens is 4. The van der Waals surface area contributed by atoms with Crippen LogP contribution in [0.2, 0.25) is 0 Å². The van der Waals surface area contributed by atoms with E-state index in [1.807, 2.05) is 13.0 Å². The molecule has 0 spiro atoms. The third kappa shape index (κ3) is 2.18. The molecule has 3 aromatic heterocycles. The van der Waals surface area contributed by atoms with Gasteiger partial charge in [-0.25, -0.2) is 9.31 Å². The number of carbonyl (C=O) groups is 1. The molecule has 3 aromatic rings. The van der Waals surface area contributed by atoms with Crippen LogP contribution in [0.3, 0.4) is 0 Å². The predicted octanol–water partition coefficient (Wildman–Crippen LogP) is 1.69. The van der Waals surface area contributed by atoms with Gasteiger partial charge in [-0.05, 0) is 37.6 Å². The fourth-order valence-electron chi connectivity index (χ4n) is 2.30. The second-order valence-corrected chi connectivity index (χ2v) is 4.75. The number of fused-ring (bicyclic) bond motifs is 1. The normalized spacial score (nSPS) is 11.0. The highest BCUT2D eigenvalue weighted by Gasteiger charge is 2.14. The zero-order chi connectivity index (χ0) is 15.1. The molecule has 7 heteroatoms. The van der Waals surface area contributed by atoms with Crippen LogP contribution in [0.15, 0.2) is 24.4 Å². The van der Waals surface area contributed by atoms with Gasteiger partial charge in [-0.15, -0.1) is 5.10 Å². The van der Waals surface area contributed by atoms with Crippen LogP contribution in [-0.4, -0.2) is 30.7 Å². The summed E-state index contributed by atoms with van der Waals surface area (Å²) in [4.78, 5) is 19.7. The zero-order valence-corrected chi connectivity index (χ0v) is 11.5. The maximum Gasteiger partial charge on any atom is 0.337 e. The van der Waals surface area contributed by atoms with Crippen LogP contribution in [0.5, 0.6) is 0 Å². The molecule has 0 bridgehead atoms. The van der Waals surface area contributed by atoms with E-state index in [4.69, 9.17) is 5.73 Å². The molecule has 0 aliphatic heterocycles. The van der Waals surface area contributed by atoms with Gasteiger partial charge in [0.05, 0.1) is 11.3 Å². The van der Waals surface area contributed by atoms with E-state index in [1.165, 1.54) is 0 Å². The molecule has 3 N–H and O–H groups in total. The van der Waals surface area contributed by atoms with Gasteiger partial charge in [0, 0.05) is 17.5 Å². The van der Waals surface area contributed by atoms with Crippen molar-refractivity contribution in [3.63, 3.8) is 0 Å². The van der Waals surface area contributed by atoms with Crippen molar-refractivity contribution in [1.82, 2.24) is 19.6 Å². The number of carboxylic acid groups (broad SMARTS) is 1. The number of hydrogen-bond acceptors (Lipinski definition) is 5. The highest BCUT2D eigenvalue weighted by molar-refractivity contribution is 5.91. The highest BCUT2D eigenvalue weighted by atomic mass is 16.4. The summed E-state index contributed by atoms with van der Waals surface area (Å²) in [5.41, 5.74) is 9.18. The molecule has 0 unspecified atom stereocenters. The number of rotatable bonds is 2. The van der Waals surface area contributed by atoms with Crippen molar-refractivity contribution in [1.29, 1.82) is 0 Å². The Balaban J connectivity index is 2.21. The van der Waals surface area contributed by atoms with E-state index < -0.39 is 5.97 Å². The molecule has 3 heterocycles. The van der Waals surface area contributed by atoms with Crippen LogP contribution in [0.25, 0.3) is 16.8 Å². The smallest absolute Gasteiger partial charge is 0.337 e. The molecule has 0 aliphatic carbocycles. The Morgan fingerprint density at radius 2 is 2.00 bits per heavy atom. The Kier molecular flexibility index (Phi) is 2.83. The third-order valence-corrected chi connectivity index (χ3v) is 3.30. The summed E-state index contributed by atoms with van der Waals surface area (Å²) in [5.74, 6) is -0.800. The van der Waals surface area contributed by atoms with Crippen LogP contribution < -0.4 is 5.73 Å². The van der Waals surface area contributed by atoms with Gasteiger partial charge in [0.25, 0.3) is 0 Å². The summed E-state index contributed by atoms with van der Waals surface area (Å²) >= 11 is 0. The standard InChI is InChI=1S/C14H13N5O2/c1-7-10(6-11(13(20)21)8(2)16-7)9-3-4-19-12(5-9)17-14(15)18-19/h3-6H,1-2H3,(H2,15,18)(H,20,21). The number of anilines is 1. The van der Waals surface area contributed by atoms with Crippen molar-refractivity contribution in [2.75, 3.05) is 5.73 Å². The summed E-state index contributed by atoms with van der Waals surface area (Å²) in [7, 11) is 0. The van der Waals surface area contributed by atoms with Crippen LogP contribution >= 0.6 is 0 Å². The van der Waals surface area contributed by atoms with E-state index in [0.29, 0.717) is 11.3 Å². The molecule has 0 fully saturated rings. The molecule has 0 amide bonds. The molecule has 106 valence electrons. The van der Waals surface area contributed by atoms with Crippen LogP contribution in [0, 0.1) is 13.8 Å². The lowest BCUT2D eigenvalue weighted by Gasteiger charge is -2.09. The monoisotopic (exact) mass is 283 g/mol. The SMILES string of the molecule is Cc1nc(C)c(-c2ccn3nc(N)nc3c2)cc1C(=O)O. The largest absolute Gasteiger partial charge is 0.478 e. The van der Waals surface area contributed by atoms with E-state index in [0.717, 1.165) is 16.8 Å². The van der Waals surface area contributed by atoms with Gasteiger partial charge in [-0.1, -0.05) is 0 Å². The zero-order valence-electron chi connectivity index (χ0n) is 11.5. The van der Waals surface area contributed by atoms with E-state index in [2.05, 4.69) is 15.1 Å². The minimum absolute atomic E-state index is 0.191. The third-order valence-electron chi connectivity index (χ3n) is 3.30. The first kappa shape index (κ1) is 13.0. The minimum atomic E-state index is -0.992. The lowest BCUT2D eigenvalue weighted by atomic mass is 10.0. The molecular weight excluding hydrogens is 270 g/mol. The number of nitrogens with two attached hydrogens (primary N) is 1. The summed E-state index contributed by atoms with van der Waals surface area (Å²) in [6.07, 6.45) is 1.73. The minimum Gasteiger partial charge on any atom is -0.478 e. The van der Waals surface area contributed by atoms with E-state index >= 15 is 0 Å². The Morgan fingerprint density at radius 1 is 1.24 bits per heavy atom. The van der Waals surface area contributed by atoms with Gasteiger partial charge in [0.15, 0.2) is 5.65 Å². The van der Waals surface area contributed by atoms with E-state index in [9.17, 15) is 9.90 Å². The number of hydrogen-bond donors (Lipinski definition) is 2. The second-order valence-electron chi connectivity index (χ2n) is 4.75. The van der Waals surface area contributed by atoms with Gasteiger partial charge in [0.1, 0.15) is 0 Å². The first-order valence-electron chi connectivity index (χ1n) is 6.29. The van der Waals surface area contributed by atoms with Gasteiger partial charge in [-0.3, -0.25) is 4.98 Å². The van der Waals surface area contributed by atoms with Crippen LogP contribution in [0.4, 0.5) is 5.95 Å². The maximum atomic E-state index is 11.2. The van der Waals surface area contributed by atoms with Crippen molar-refractivity contribution in [2.24, 2.45) is 0 Å². The van der Waals surface area contributed by atoms with Gasteiger partial charge in [-0.2, -0.15) is 4.98 Å². The lowest BCUT2D eigenvalue weighted by molar-refractivity contribution is 0.0695. The Labute approximate surface area is 120 Å². The molecule has 0 radical (unpaired) electrons. The molecule has 0 saturated heterocycles. The number of aromatic carboxylic acids is 1. The fraction of sp³-hybridized carbons (Fsp3) is 0.143. The van der Waals surface area contributed by atoms with Crippen molar-refractivity contribution in [3.05, 3.63) is 41.3 Å². The van der Waals surface area contributed by atoms with E-state index in [1.54, 1.807) is 29.8 Å². The van der Waals surface area contributed by atoms with Crippen molar-refractivity contribution >= 4 is 17.6 Å². The van der Waals surface area contributed by atoms with Gasteiger partial charge < -0.3 is 10.8 Å². The highest BCUT2D eigenvalue weighted by Crippen LogP contribution is 2.25. The average Bonchev–Trinajstić information content (AvgIpc) is 2.77. The summed E-state index contributed by atoms with van der Waals surface area (Å²) < 4.78 is 1.56. The van der Waals surface area contributed by atoms with Crippen molar-refractivity contribution < 1.29 is 9.90 Å². The topological polar surface area (TPSA) is 106 Å². The quantitative estimate of drug-likeness (QED) is 0.741. The Hall–Kier alpha value is -2.96. The average molecular weight is 283 g/mol. The summed E-state index contributed by atoms with van der Waals surface area (Å²) in [5, 5.41) is 13.2. The molecule has 0 aliphatic rings.